The highest BCUT2D eigenvalue weighted by molar-refractivity contribution is 9.09. The molecule has 0 saturated heterocycles. The standard InChI is InChI=1S/C13H12BrF3O3S/c1-3-20-12(19)9-5-4-8(11(14)7(2)18)6-10(9)21-13(15,16)17/h4-6,11H,3H2,1-2H3. The molecule has 0 aliphatic rings. The van der Waals surface area contributed by atoms with Crippen molar-refractivity contribution in [3.8, 4) is 0 Å². The lowest BCUT2D eigenvalue weighted by molar-refractivity contribution is -0.116. The lowest BCUT2D eigenvalue weighted by atomic mass is 10.1. The number of halogens is 4. The minimum Gasteiger partial charge on any atom is -0.462 e. The van der Waals surface area contributed by atoms with Gasteiger partial charge < -0.3 is 4.74 Å². The van der Waals surface area contributed by atoms with E-state index in [1.54, 1.807) is 6.92 Å². The van der Waals surface area contributed by atoms with Crippen molar-refractivity contribution in [1.82, 2.24) is 0 Å². The lowest BCUT2D eigenvalue weighted by Gasteiger charge is -2.14. The Labute approximate surface area is 132 Å². The fourth-order valence-corrected chi connectivity index (χ4v) is 2.51. The van der Waals surface area contributed by atoms with E-state index in [1.807, 2.05) is 0 Å². The van der Waals surface area contributed by atoms with Crippen molar-refractivity contribution in [3.05, 3.63) is 29.3 Å². The number of Topliss-reactive ketones (excluding diaryl/α,β-unsaturated/α-hetero) is 1. The third-order valence-electron chi connectivity index (χ3n) is 2.38. The molecule has 0 aliphatic heterocycles. The van der Waals surface area contributed by atoms with Gasteiger partial charge in [0.25, 0.3) is 0 Å². The van der Waals surface area contributed by atoms with Gasteiger partial charge in [-0.05, 0) is 43.3 Å². The van der Waals surface area contributed by atoms with E-state index in [4.69, 9.17) is 4.74 Å². The summed E-state index contributed by atoms with van der Waals surface area (Å²) >= 11 is 2.69. The van der Waals surface area contributed by atoms with Crippen LogP contribution in [0.2, 0.25) is 0 Å². The molecule has 0 bridgehead atoms. The highest BCUT2D eigenvalue weighted by Gasteiger charge is 2.32. The lowest BCUT2D eigenvalue weighted by Crippen LogP contribution is -2.10. The van der Waals surface area contributed by atoms with E-state index < -0.39 is 28.1 Å². The largest absolute Gasteiger partial charge is 0.462 e. The number of carbonyl (C=O) groups excluding carboxylic acids is 2. The fraction of sp³-hybridized carbons (Fsp3) is 0.385. The summed E-state index contributed by atoms with van der Waals surface area (Å²) in [7, 11) is 0. The van der Waals surface area contributed by atoms with E-state index in [0.717, 1.165) is 0 Å². The second-order valence-electron chi connectivity index (χ2n) is 4.00. The minimum absolute atomic E-state index is 0.0607. The molecule has 1 aromatic rings. The first-order valence-corrected chi connectivity index (χ1v) is 7.60. The third-order valence-corrected chi connectivity index (χ3v) is 4.34. The van der Waals surface area contributed by atoms with Gasteiger partial charge in [-0.25, -0.2) is 4.79 Å². The minimum atomic E-state index is -4.54. The van der Waals surface area contributed by atoms with E-state index in [-0.39, 0.29) is 22.8 Å². The van der Waals surface area contributed by atoms with Crippen LogP contribution in [0.4, 0.5) is 13.2 Å². The molecule has 0 aromatic heterocycles. The number of hydrogen-bond donors (Lipinski definition) is 0. The number of ether oxygens (including phenoxy) is 1. The molecule has 0 radical (unpaired) electrons. The van der Waals surface area contributed by atoms with Crippen LogP contribution < -0.4 is 0 Å². The summed E-state index contributed by atoms with van der Waals surface area (Å²) in [5.74, 6) is -1.08. The number of hydrogen-bond acceptors (Lipinski definition) is 4. The van der Waals surface area contributed by atoms with Gasteiger partial charge in [-0.3, -0.25) is 4.79 Å². The van der Waals surface area contributed by atoms with Gasteiger partial charge in [0.15, 0.2) is 0 Å². The van der Waals surface area contributed by atoms with Crippen molar-refractivity contribution in [2.24, 2.45) is 0 Å². The predicted octanol–water partition coefficient (Wildman–Crippen LogP) is 4.50. The third kappa shape index (κ3) is 5.35. The molecule has 3 nitrogen and oxygen atoms in total. The van der Waals surface area contributed by atoms with Gasteiger partial charge in [-0.1, -0.05) is 22.0 Å². The van der Waals surface area contributed by atoms with Gasteiger partial charge >= 0.3 is 11.5 Å². The first-order chi connectivity index (χ1) is 9.65. The zero-order chi connectivity index (χ0) is 16.2. The van der Waals surface area contributed by atoms with Gasteiger partial charge in [-0.2, -0.15) is 13.2 Å². The van der Waals surface area contributed by atoms with Crippen LogP contribution in [-0.4, -0.2) is 23.9 Å². The molecule has 0 aliphatic carbocycles. The van der Waals surface area contributed by atoms with Gasteiger partial charge in [0.2, 0.25) is 0 Å². The topological polar surface area (TPSA) is 43.4 Å². The number of alkyl halides is 4. The maximum absolute atomic E-state index is 12.6. The molecule has 1 aromatic carbocycles. The molecule has 1 rings (SSSR count). The first kappa shape index (κ1) is 18.0. The van der Waals surface area contributed by atoms with Crippen molar-refractivity contribution in [1.29, 1.82) is 0 Å². The monoisotopic (exact) mass is 384 g/mol. The molecule has 0 N–H and O–H groups in total. The van der Waals surface area contributed by atoms with Crippen LogP contribution in [-0.2, 0) is 9.53 Å². The Bertz CT molecular complexity index is 546. The maximum Gasteiger partial charge on any atom is 0.446 e. The van der Waals surface area contributed by atoms with Gasteiger partial charge in [-0.15, -0.1) is 0 Å². The van der Waals surface area contributed by atoms with Crippen LogP contribution >= 0.6 is 27.7 Å². The number of thioether (sulfide) groups is 1. The smallest absolute Gasteiger partial charge is 0.446 e. The van der Waals surface area contributed by atoms with Gasteiger partial charge in [0.05, 0.1) is 17.0 Å². The quantitative estimate of drug-likeness (QED) is 0.425. The van der Waals surface area contributed by atoms with Crippen molar-refractivity contribution in [3.63, 3.8) is 0 Å². The van der Waals surface area contributed by atoms with E-state index >= 15 is 0 Å². The first-order valence-electron chi connectivity index (χ1n) is 5.87. The van der Waals surface area contributed by atoms with Gasteiger partial charge in [0.1, 0.15) is 5.78 Å². The van der Waals surface area contributed by atoms with Crippen LogP contribution in [0.1, 0.15) is 34.6 Å². The van der Waals surface area contributed by atoms with E-state index in [0.29, 0.717) is 5.56 Å². The second kappa shape index (κ2) is 7.31. The number of esters is 1. The Morgan fingerprint density at radius 2 is 2.00 bits per heavy atom. The van der Waals surface area contributed by atoms with Crippen LogP contribution in [0.15, 0.2) is 23.1 Å². The molecule has 0 saturated carbocycles. The molecule has 0 amide bonds. The summed E-state index contributed by atoms with van der Waals surface area (Å²) in [5.41, 5.74) is -4.37. The number of benzene rings is 1. The number of rotatable bonds is 5. The highest BCUT2D eigenvalue weighted by Crippen LogP contribution is 2.40. The Balaban J connectivity index is 3.26. The fourth-order valence-electron chi connectivity index (χ4n) is 1.52. The molecular weight excluding hydrogens is 373 g/mol. The van der Waals surface area contributed by atoms with Crippen LogP contribution in [0.5, 0.6) is 0 Å². The zero-order valence-corrected chi connectivity index (χ0v) is 13.6. The Kier molecular flexibility index (Phi) is 6.27. The molecule has 0 spiro atoms. The molecule has 0 heterocycles. The second-order valence-corrected chi connectivity index (χ2v) is 6.02. The van der Waals surface area contributed by atoms with Crippen LogP contribution in [0.3, 0.4) is 0 Å². The summed E-state index contributed by atoms with van der Waals surface area (Å²) in [4.78, 5) is 22.0. The molecule has 1 unspecified atom stereocenters. The van der Waals surface area contributed by atoms with Crippen molar-refractivity contribution in [2.45, 2.75) is 29.1 Å². The molecule has 8 heteroatoms. The van der Waals surface area contributed by atoms with Crippen molar-refractivity contribution >= 4 is 39.4 Å². The summed E-state index contributed by atoms with van der Waals surface area (Å²) in [6, 6.07) is 3.83. The number of ketones is 1. The summed E-state index contributed by atoms with van der Waals surface area (Å²) in [5, 5.41) is 0. The Morgan fingerprint density at radius 3 is 2.48 bits per heavy atom. The average molecular weight is 385 g/mol. The molecular formula is C13H12BrF3O3S. The molecule has 21 heavy (non-hydrogen) atoms. The summed E-state index contributed by atoms with van der Waals surface area (Å²) in [6.07, 6.45) is 0. The van der Waals surface area contributed by atoms with E-state index in [2.05, 4.69) is 15.9 Å². The maximum atomic E-state index is 12.6. The summed E-state index contributed by atoms with van der Waals surface area (Å²) < 4.78 is 42.5. The van der Waals surface area contributed by atoms with Crippen molar-refractivity contribution in [2.75, 3.05) is 6.61 Å². The highest BCUT2D eigenvalue weighted by atomic mass is 79.9. The zero-order valence-electron chi connectivity index (χ0n) is 11.2. The normalized spacial score (nSPS) is 12.9. The average Bonchev–Trinajstić information content (AvgIpc) is 2.35. The Hall–Kier alpha value is -1.02. The van der Waals surface area contributed by atoms with Crippen LogP contribution in [0.25, 0.3) is 0 Å². The predicted molar refractivity (Wildman–Crippen MR) is 76.7 cm³/mol. The molecule has 116 valence electrons. The number of carbonyl (C=O) groups is 2. The Morgan fingerprint density at radius 1 is 1.38 bits per heavy atom. The van der Waals surface area contributed by atoms with E-state index in [9.17, 15) is 22.8 Å². The summed E-state index contributed by atoms with van der Waals surface area (Å²) in [6.45, 7) is 2.94. The van der Waals surface area contributed by atoms with Crippen molar-refractivity contribution < 1.29 is 27.5 Å². The van der Waals surface area contributed by atoms with Crippen LogP contribution in [0, 0.1) is 0 Å². The van der Waals surface area contributed by atoms with Gasteiger partial charge in [0, 0.05) is 4.90 Å². The SMILES string of the molecule is CCOC(=O)c1ccc(C(Br)C(C)=O)cc1SC(F)(F)F. The molecule has 1 atom stereocenters. The molecule has 0 fully saturated rings. The van der Waals surface area contributed by atoms with E-state index in [1.165, 1.54) is 25.1 Å².